The number of esters is 1. The third-order valence-corrected chi connectivity index (χ3v) is 5.70. The Kier molecular flexibility index (Phi) is 8.25. The maximum absolute atomic E-state index is 12.7. The van der Waals surface area contributed by atoms with Crippen molar-refractivity contribution in [3.8, 4) is 5.75 Å². The first-order valence-electron chi connectivity index (χ1n) is 8.77. The molecule has 1 aromatic carbocycles. The lowest BCUT2D eigenvalue weighted by molar-refractivity contribution is -0.160. The van der Waals surface area contributed by atoms with Crippen LogP contribution in [0.1, 0.15) is 37.5 Å². The SMILES string of the molecule is COc1cc(C)c(S(=O)(=O)CNCCOCC(=O)OC(C)(C)C)c(C)c1C. The standard InChI is InChI=1S/C19H31NO6S/c1-13-10-16(24-7)14(2)15(3)18(13)27(22,23)12-20-8-9-25-11-17(21)26-19(4,5)6/h10,20H,8-9,11-12H2,1-7H3. The molecule has 0 unspecified atom stereocenters. The van der Waals surface area contributed by atoms with Gasteiger partial charge in [-0.2, -0.15) is 0 Å². The maximum atomic E-state index is 12.7. The number of hydrogen-bond acceptors (Lipinski definition) is 7. The van der Waals surface area contributed by atoms with Crippen molar-refractivity contribution in [1.29, 1.82) is 0 Å². The topological polar surface area (TPSA) is 90.9 Å². The number of hydrogen-bond donors (Lipinski definition) is 1. The first-order chi connectivity index (χ1) is 12.4. The van der Waals surface area contributed by atoms with Crippen LogP contribution in [0.4, 0.5) is 0 Å². The summed E-state index contributed by atoms with van der Waals surface area (Å²) < 4.78 is 41.0. The average Bonchev–Trinajstić information content (AvgIpc) is 2.52. The summed E-state index contributed by atoms with van der Waals surface area (Å²) in [6.07, 6.45) is 0. The zero-order valence-electron chi connectivity index (χ0n) is 17.3. The van der Waals surface area contributed by atoms with Crippen LogP contribution in [-0.4, -0.2) is 52.7 Å². The van der Waals surface area contributed by atoms with Gasteiger partial charge in [-0.05, 0) is 64.3 Å². The predicted octanol–water partition coefficient (Wildman–Crippen LogP) is 2.30. The summed E-state index contributed by atoms with van der Waals surface area (Å²) in [5.74, 6) is 0.0125. The van der Waals surface area contributed by atoms with Gasteiger partial charge < -0.3 is 19.5 Å². The molecule has 7 nitrogen and oxygen atoms in total. The Labute approximate surface area is 162 Å². The van der Waals surface area contributed by atoms with E-state index in [9.17, 15) is 13.2 Å². The normalized spacial score (nSPS) is 12.1. The van der Waals surface area contributed by atoms with E-state index in [0.717, 1.165) is 5.56 Å². The van der Waals surface area contributed by atoms with Gasteiger partial charge in [-0.1, -0.05) is 0 Å². The molecule has 1 aromatic rings. The van der Waals surface area contributed by atoms with E-state index in [1.807, 2.05) is 6.92 Å². The summed E-state index contributed by atoms with van der Waals surface area (Å²) >= 11 is 0. The third kappa shape index (κ3) is 7.12. The van der Waals surface area contributed by atoms with Crippen LogP contribution < -0.4 is 10.1 Å². The van der Waals surface area contributed by atoms with Crippen molar-refractivity contribution in [2.75, 3.05) is 32.7 Å². The number of benzene rings is 1. The molecule has 27 heavy (non-hydrogen) atoms. The summed E-state index contributed by atoms with van der Waals surface area (Å²) in [5, 5.41) is 2.85. The highest BCUT2D eigenvalue weighted by Crippen LogP contribution is 2.30. The second-order valence-corrected chi connectivity index (χ2v) is 9.30. The van der Waals surface area contributed by atoms with Crippen LogP contribution >= 0.6 is 0 Å². The van der Waals surface area contributed by atoms with Crippen LogP contribution in [0.5, 0.6) is 5.75 Å². The van der Waals surface area contributed by atoms with Gasteiger partial charge in [-0.15, -0.1) is 0 Å². The van der Waals surface area contributed by atoms with Crippen molar-refractivity contribution in [3.63, 3.8) is 0 Å². The first-order valence-corrected chi connectivity index (χ1v) is 10.4. The van der Waals surface area contributed by atoms with Gasteiger partial charge >= 0.3 is 5.97 Å². The lowest BCUT2D eigenvalue weighted by Gasteiger charge is -2.19. The molecule has 0 aromatic heterocycles. The highest BCUT2D eigenvalue weighted by Gasteiger charge is 2.22. The van der Waals surface area contributed by atoms with Crippen molar-refractivity contribution in [3.05, 3.63) is 22.8 Å². The molecule has 0 amide bonds. The van der Waals surface area contributed by atoms with Crippen molar-refractivity contribution in [2.24, 2.45) is 0 Å². The number of nitrogens with one attached hydrogen (secondary N) is 1. The molecule has 0 radical (unpaired) electrons. The van der Waals surface area contributed by atoms with Crippen molar-refractivity contribution in [2.45, 2.75) is 52.0 Å². The van der Waals surface area contributed by atoms with Crippen LogP contribution in [0.3, 0.4) is 0 Å². The largest absolute Gasteiger partial charge is 0.496 e. The zero-order chi connectivity index (χ0) is 20.8. The molecule has 8 heteroatoms. The molecule has 1 N–H and O–H groups in total. The number of sulfone groups is 1. The smallest absolute Gasteiger partial charge is 0.332 e. The van der Waals surface area contributed by atoms with E-state index in [-0.39, 0.29) is 19.1 Å². The third-order valence-electron chi connectivity index (χ3n) is 3.86. The Morgan fingerprint density at radius 2 is 1.78 bits per heavy atom. The molecule has 0 fully saturated rings. The van der Waals surface area contributed by atoms with E-state index in [1.54, 1.807) is 47.8 Å². The Bertz CT molecular complexity index is 765. The molecular formula is C19H31NO6S. The van der Waals surface area contributed by atoms with Gasteiger partial charge in [0.2, 0.25) is 0 Å². The molecule has 0 atom stereocenters. The van der Waals surface area contributed by atoms with E-state index >= 15 is 0 Å². The van der Waals surface area contributed by atoms with E-state index in [0.29, 0.717) is 28.3 Å². The van der Waals surface area contributed by atoms with Gasteiger partial charge in [0, 0.05) is 6.54 Å². The molecule has 0 saturated carbocycles. The summed E-state index contributed by atoms with van der Waals surface area (Å²) in [7, 11) is -1.95. The van der Waals surface area contributed by atoms with E-state index in [4.69, 9.17) is 14.2 Å². The Morgan fingerprint density at radius 3 is 2.33 bits per heavy atom. The Morgan fingerprint density at radius 1 is 1.15 bits per heavy atom. The average molecular weight is 402 g/mol. The number of ether oxygens (including phenoxy) is 3. The van der Waals surface area contributed by atoms with Gasteiger partial charge in [0.15, 0.2) is 9.84 Å². The zero-order valence-corrected chi connectivity index (χ0v) is 18.1. The molecule has 0 spiro atoms. The van der Waals surface area contributed by atoms with Crippen LogP contribution in [-0.2, 0) is 24.1 Å². The summed E-state index contributed by atoms with van der Waals surface area (Å²) in [6.45, 7) is 11.1. The lowest BCUT2D eigenvalue weighted by Crippen LogP contribution is -2.30. The highest BCUT2D eigenvalue weighted by atomic mass is 32.2. The Hall–Kier alpha value is -1.64. The van der Waals surface area contributed by atoms with Crippen molar-refractivity contribution in [1.82, 2.24) is 5.32 Å². The fourth-order valence-electron chi connectivity index (χ4n) is 2.66. The summed E-state index contributed by atoms with van der Waals surface area (Å²) in [5.41, 5.74) is 1.59. The summed E-state index contributed by atoms with van der Waals surface area (Å²) in [6, 6.07) is 1.74. The Balaban J connectivity index is 2.56. The number of carbonyl (C=O) groups excluding carboxylic acids is 1. The number of rotatable bonds is 9. The van der Waals surface area contributed by atoms with Gasteiger partial charge in [-0.25, -0.2) is 13.2 Å². The minimum Gasteiger partial charge on any atom is -0.496 e. The minimum absolute atomic E-state index is 0.165. The van der Waals surface area contributed by atoms with Crippen molar-refractivity contribution >= 4 is 15.8 Å². The fraction of sp³-hybridized carbons (Fsp3) is 0.632. The second-order valence-electron chi connectivity index (χ2n) is 7.37. The molecule has 0 saturated heterocycles. The van der Waals surface area contributed by atoms with Gasteiger partial charge in [0.25, 0.3) is 0 Å². The molecular weight excluding hydrogens is 370 g/mol. The molecule has 0 bridgehead atoms. The number of carbonyl (C=O) groups is 1. The number of methoxy groups -OCH3 is 1. The van der Waals surface area contributed by atoms with E-state index < -0.39 is 21.4 Å². The monoisotopic (exact) mass is 401 g/mol. The molecule has 0 heterocycles. The molecule has 1 rings (SSSR count). The fourth-order valence-corrected chi connectivity index (χ4v) is 4.39. The molecule has 0 aliphatic rings. The van der Waals surface area contributed by atoms with Gasteiger partial charge in [0.05, 0.1) is 18.6 Å². The van der Waals surface area contributed by atoms with Crippen LogP contribution in [0.15, 0.2) is 11.0 Å². The highest BCUT2D eigenvalue weighted by molar-refractivity contribution is 7.91. The van der Waals surface area contributed by atoms with Gasteiger partial charge in [0.1, 0.15) is 23.8 Å². The van der Waals surface area contributed by atoms with Crippen LogP contribution in [0.2, 0.25) is 0 Å². The van der Waals surface area contributed by atoms with E-state index in [2.05, 4.69) is 5.32 Å². The minimum atomic E-state index is -3.51. The lowest BCUT2D eigenvalue weighted by atomic mass is 10.1. The van der Waals surface area contributed by atoms with Crippen molar-refractivity contribution < 1.29 is 27.4 Å². The number of aryl methyl sites for hydroxylation is 1. The molecule has 0 aliphatic heterocycles. The van der Waals surface area contributed by atoms with Gasteiger partial charge in [-0.3, -0.25) is 0 Å². The second kappa shape index (κ2) is 9.52. The quantitative estimate of drug-likeness (QED) is 0.501. The van der Waals surface area contributed by atoms with E-state index in [1.165, 1.54) is 0 Å². The first kappa shape index (κ1) is 23.4. The summed E-state index contributed by atoms with van der Waals surface area (Å²) in [4.78, 5) is 11.8. The predicted molar refractivity (Wildman–Crippen MR) is 104 cm³/mol. The molecule has 0 aliphatic carbocycles. The van der Waals surface area contributed by atoms with Crippen LogP contribution in [0.25, 0.3) is 0 Å². The maximum Gasteiger partial charge on any atom is 0.332 e. The molecule has 154 valence electrons. The van der Waals surface area contributed by atoms with Crippen LogP contribution in [0, 0.1) is 20.8 Å².